The van der Waals surface area contributed by atoms with Gasteiger partial charge in [-0.1, -0.05) is 280 Å². The van der Waals surface area contributed by atoms with Crippen LogP contribution in [0.3, 0.4) is 0 Å². The fraction of sp³-hybridized carbons (Fsp3) is 0.794. The van der Waals surface area contributed by atoms with E-state index in [2.05, 4.69) is 104 Å². The van der Waals surface area contributed by atoms with Gasteiger partial charge in [-0.15, -0.1) is 22.7 Å². The van der Waals surface area contributed by atoms with Crippen molar-refractivity contribution in [1.29, 1.82) is 0 Å². The molecule has 0 saturated heterocycles. The molecule has 2 aromatic carbocycles. The first kappa shape index (κ1) is 74.9. The number of para-hydroxylation sites is 2. The zero-order valence-corrected chi connectivity index (χ0v) is 60.2. The molecule has 0 spiro atoms. The number of nitrogens with zero attached hydrogens (tertiary/aromatic N) is 2. The average Bonchev–Trinajstić information content (AvgIpc) is 3.26. The summed E-state index contributed by atoms with van der Waals surface area (Å²) in [5.41, 5.74) is 2.07. The molecule has 2 atom stereocenters. The smallest absolute Gasteiger partial charge is 0.373 e. The summed E-state index contributed by atoms with van der Waals surface area (Å²) in [4.78, 5) is 11.0. The number of benzene rings is 2. The van der Waals surface area contributed by atoms with Crippen molar-refractivity contribution in [2.24, 2.45) is 0 Å². The molecule has 15 heteroatoms. The first-order chi connectivity index (χ1) is 40.7. The molecule has 0 N–H and O–H groups in total. The van der Waals surface area contributed by atoms with E-state index >= 15 is 0 Å². The van der Waals surface area contributed by atoms with E-state index in [1.807, 2.05) is 54.1 Å². The second-order valence-corrected chi connectivity index (χ2v) is 36.5. The van der Waals surface area contributed by atoms with Gasteiger partial charge in [-0.05, 0) is 86.5 Å². The van der Waals surface area contributed by atoms with Crippen LogP contribution in [0.4, 0.5) is 0 Å². The van der Waals surface area contributed by atoms with Crippen LogP contribution in [0.5, 0.6) is 0 Å². The van der Waals surface area contributed by atoms with Crippen LogP contribution in [0.15, 0.2) is 48.5 Å². The Bertz CT molecular complexity index is 1860. The van der Waals surface area contributed by atoms with Crippen molar-refractivity contribution in [2.45, 2.75) is 297 Å². The summed E-state index contributed by atoms with van der Waals surface area (Å²) in [6.07, 6.45) is 43.3. The Labute approximate surface area is 531 Å². The molecule has 2 aromatic heterocycles. The lowest BCUT2D eigenvalue weighted by Gasteiger charge is -2.43. The Morgan fingerprint density at radius 1 is 0.337 bits per heavy atom. The average molecular weight is 1280 g/mol. The van der Waals surface area contributed by atoms with Crippen LogP contribution >= 0.6 is 54.1 Å². The van der Waals surface area contributed by atoms with Crippen LogP contribution in [0, 0.1) is 0 Å². The molecule has 0 amide bonds. The van der Waals surface area contributed by atoms with E-state index in [4.69, 9.17) is 36.5 Å². The molecule has 0 aliphatic heterocycles. The third-order valence-electron chi connectivity index (χ3n) is 16.4. The highest BCUT2D eigenvalue weighted by Crippen LogP contribution is 2.51. The van der Waals surface area contributed by atoms with E-state index in [1.165, 1.54) is 163 Å². The number of hydrogen-bond donors (Lipinski definition) is 0. The highest BCUT2D eigenvalue weighted by Gasteiger charge is 2.63. The maximum atomic E-state index is 7.49. The fourth-order valence-corrected chi connectivity index (χ4v) is 26.4. The van der Waals surface area contributed by atoms with Crippen molar-refractivity contribution in [1.82, 2.24) is 9.97 Å². The maximum absolute atomic E-state index is 7.49. The molecule has 0 radical (unpaired) electrons. The maximum Gasteiger partial charge on any atom is 0.515 e. The molecule has 0 bridgehead atoms. The van der Waals surface area contributed by atoms with E-state index in [-0.39, 0.29) is 0 Å². The van der Waals surface area contributed by atoms with Crippen LogP contribution in [0.1, 0.15) is 297 Å². The van der Waals surface area contributed by atoms with Crippen molar-refractivity contribution >= 4 is 92.1 Å². The second-order valence-electron chi connectivity index (χ2n) is 24.0. The molecule has 4 aromatic rings. The standard InChI is InChI=1S/C68H120N2O6S5Si2/c1-9-15-21-27-33-43-53-71-82(72-54-44-34-28-22-16-10-2,73-55-45-35-29-23-17-11-3)67(7,65-69-61-49-39-41-51-63(61)79-65)59-77-81-78-60-68(8,66-70-62-50-40-42-52-64(62)80-66)83(74-56-46-36-30-24-18-12-4,75-57-47-37-31-25-19-13-5)76-58-48-38-32-26-20-14-6/h39-42,49-52H,9-38,43-48,53-60H2,1-8H3. The van der Waals surface area contributed by atoms with Gasteiger partial charge in [0.1, 0.15) is 10.0 Å². The Morgan fingerprint density at radius 3 is 0.807 bits per heavy atom. The second kappa shape index (κ2) is 46.5. The summed E-state index contributed by atoms with van der Waals surface area (Å²) >= 11 is 3.61. The molecule has 0 fully saturated rings. The van der Waals surface area contributed by atoms with Crippen LogP contribution in [-0.2, 0) is 36.6 Å². The lowest BCUT2D eigenvalue weighted by Crippen LogP contribution is -2.63. The number of aromatic nitrogens is 2. The Morgan fingerprint density at radius 2 is 0.566 bits per heavy atom. The minimum absolute atomic E-state index is 0.614. The van der Waals surface area contributed by atoms with Crippen LogP contribution in [-0.4, -0.2) is 78.7 Å². The van der Waals surface area contributed by atoms with E-state index in [0.717, 1.165) is 110 Å². The Hall–Kier alpha value is -0.536. The molecule has 476 valence electrons. The summed E-state index contributed by atoms with van der Waals surface area (Å²) < 4.78 is 47.3. The molecular weight excluding hydrogens is 1160 g/mol. The minimum atomic E-state index is -3.52. The highest BCUT2D eigenvalue weighted by molar-refractivity contribution is 9.09. The van der Waals surface area contributed by atoms with E-state index in [1.54, 1.807) is 0 Å². The summed E-state index contributed by atoms with van der Waals surface area (Å²) in [6, 6.07) is 17.3. The molecule has 2 heterocycles. The molecule has 8 nitrogen and oxygen atoms in total. The molecule has 0 aliphatic rings. The van der Waals surface area contributed by atoms with Gasteiger partial charge in [0, 0.05) is 51.1 Å². The van der Waals surface area contributed by atoms with Crippen molar-refractivity contribution < 1.29 is 26.6 Å². The first-order valence-corrected chi connectivity index (χ1v) is 43.1. The summed E-state index contributed by atoms with van der Waals surface area (Å²) in [7, 11) is -1.35. The van der Waals surface area contributed by atoms with E-state index < -0.39 is 27.7 Å². The largest absolute Gasteiger partial charge is 0.515 e. The van der Waals surface area contributed by atoms with Gasteiger partial charge in [-0.25, -0.2) is 9.97 Å². The number of rotatable bonds is 58. The van der Waals surface area contributed by atoms with Gasteiger partial charge in [0.2, 0.25) is 0 Å². The number of hydrogen-bond acceptors (Lipinski definition) is 13. The van der Waals surface area contributed by atoms with Crippen LogP contribution in [0.25, 0.3) is 20.4 Å². The zero-order chi connectivity index (χ0) is 59.4. The fourth-order valence-electron chi connectivity index (χ4n) is 10.8. The van der Waals surface area contributed by atoms with Gasteiger partial charge in [0.05, 0.1) is 30.5 Å². The number of unbranched alkanes of at least 4 members (excludes halogenated alkanes) is 30. The monoisotopic (exact) mass is 1280 g/mol. The predicted molar refractivity (Wildman–Crippen MR) is 374 cm³/mol. The highest BCUT2D eigenvalue weighted by atomic mass is 33.5. The van der Waals surface area contributed by atoms with Crippen molar-refractivity contribution in [3.05, 3.63) is 58.5 Å². The van der Waals surface area contributed by atoms with Gasteiger partial charge in [-0.3, -0.25) is 0 Å². The summed E-state index contributed by atoms with van der Waals surface area (Å²) in [5, 5.41) is 0.906. The lowest BCUT2D eigenvalue weighted by molar-refractivity contribution is 0.0349. The quantitative estimate of drug-likeness (QED) is 0.0241. The van der Waals surface area contributed by atoms with Gasteiger partial charge in [0.25, 0.3) is 0 Å². The van der Waals surface area contributed by atoms with Gasteiger partial charge in [0.15, 0.2) is 0 Å². The Balaban J connectivity index is 1.77. The molecule has 0 saturated carbocycles. The topological polar surface area (TPSA) is 81.2 Å². The van der Waals surface area contributed by atoms with Gasteiger partial charge < -0.3 is 26.6 Å². The van der Waals surface area contributed by atoms with Gasteiger partial charge in [-0.2, -0.15) is 0 Å². The molecule has 2 unspecified atom stereocenters. The summed E-state index contributed by atoms with van der Waals surface area (Å²) in [6.45, 7) is 22.4. The van der Waals surface area contributed by atoms with Crippen molar-refractivity contribution in [3.8, 4) is 0 Å². The Kier molecular flexibility index (Phi) is 42.0. The zero-order valence-electron chi connectivity index (χ0n) is 54.1. The van der Waals surface area contributed by atoms with Crippen molar-refractivity contribution in [2.75, 3.05) is 51.1 Å². The first-order valence-electron chi connectivity index (χ1n) is 34.2. The summed E-state index contributed by atoms with van der Waals surface area (Å²) in [5.74, 6) is 1.47. The minimum Gasteiger partial charge on any atom is -0.373 e. The number of fused-ring (bicyclic) bond motifs is 2. The third kappa shape index (κ3) is 27.2. The van der Waals surface area contributed by atoms with E-state index in [0.29, 0.717) is 39.6 Å². The number of thiazole rings is 2. The van der Waals surface area contributed by atoms with Crippen LogP contribution in [0.2, 0.25) is 0 Å². The molecule has 0 aliphatic carbocycles. The third-order valence-corrected chi connectivity index (χ3v) is 31.5. The van der Waals surface area contributed by atoms with Crippen LogP contribution < -0.4 is 0 Å². The molecule has 83 heavy (non-hydrogen) atoms. The van der Waals surface area contributed by atoms with Gasteiger partial charge >= 0.3 is 17.6 Å². The van der Waals surface area contributed by atoms with Crippen molar-refractivity contribution in [3.63, 3.8) is 0 Å². The van der Waals surface area contributed by atoms with E-state index in [9.17, 15) is 0 Å². The SMILES string of the molecule is CCCCCCCCO[Si](OCCCCCCCC)(OCCCCCCCC)C(C)(CSSSCC(C)(c1nc2ccccc2s1)[Si](OCCCCCCCC)(OCCCCCCCC)OCCCCCCCC)c1nc2ccccc2s1. The normalized spacial score (nSPS) is 13.9. The lowest BCUT2D eigenvalue weighted by atomic mass is 10.1. The predicted octanol–water partition coefficient (Wildman–Crippen LogP) is 23.4. The molecular formula is C68H120N2O6S5Si2. The molecule has 4 rings (SSSR count).